The molecule has 0 aliphatic carbocycles. The van der Waals surface area contributed by atoms with Crippen molar-refractivity contribution in [3.8, 4) is 5.75 Å². The summed E-state index contributed by atoms with van der Waals surface area (Å²) in [7, 11) is -3.91. The van der Waals surface area contributed by atoms with Crippen molar-refractivity contribution in [3.05, 3.63) is 53.1 Å². The molecule has 6 heteroatoms. The summed E-state index contributed by atoms with van der Waals surface area (Å²) in [6, 6.07) is 10.1. The molecular weight excluding hydrogens is 326 g/mol. The number of nitrogens with zero attached hydrogens (tertiary/aromatic N) is 1. The lowest BCUT2D eigenvalue weighted by atomic mass is 10.1. The van der Waals surface area contributed by atoms with Crippen molar-refractivity contribution in [1.29, 1.82) is 0 Å². The van der Waals surface area contributed by atoms with Gasteiger partial charge in [-0.05, 0) is 55.7 Å². The maximum Gasteiger partial charge on any atom is 0.339 e. The third-order valence-electron chi connectivity index (χ3n) is 4.15. The lowest BCUT2D eigenvalue weighted by Crippen LogP contribution is -2.25. The second kappa shape index (κ2) is 5.94. The van der Waals surface area contributed by atoms with E-state index in [0.29, 0.717) is 18.7 Å². The van der Waals surface area contributed by atoms with Gasteiger partial charge in [-0.1, -0.05) is 17.7 Å². The van der Waals surface area contributed by atoms with Crippen molar-refractivity contribution in [2.24, 2.45) is 0 Å². The molecule has 126 valence electrons. The minimum absolute atomic E-state index is 0.0455. The molecule has 0 saturated heterocycles. The van der Waals surface area contributed by atoms with Gasteiger partial charge in [-0.15, -0.1) is 0 Å². The lowest BCUT2D eigenvalue weighted by molar-refractivity contribution is -0.116. The lowest BCUT2D eigenvalue weighted by Gasteiger charge is -2.15. The fraction of sp³-hybridized carbons (Fsp3) is 0.278. The number of carbonyl (C=O) groups is 1. The number of anilines is 1. The number of hydrogen-bond acceptors (Lipinski definition) is 4. The minimum atomic E-state index is -3.91. The quantitative estimate of drug-likeness (QED) is 0.802. The molecule has 0 unspecified atom stereocenters. The van der Waals surface area contributed by atoms with Crippen LogP contribution in [0.15, 0.2) is 41.3 Å². The van der Waals surface area contributed by atoms with Crippen LogP contribution in [-0.4, -0.2) is 20.9 Å². The summed E-state index contributed by atoms with van der Waals surface area (Å²) in [5.74, 6) is 0.280. The molecule has 2 aromatic carbocycles. The molecule has 1 aliphatic heterocycles. The van der Waals surface area contributed by atoms with E-state index >= 15 is 0 Å². The Morgan fingerprint density at radius 3 is 2.54 bits per heavy atom. The fourth-order valence-electron chi connectivity index (χ4n) is 2.92. The van der Waals surface area contributed by atoms with Gasteiger partial charge in [-0.3, -0.25) is 4.79 Å². The van der Waals surface area contributed by atoms with Crippen LogP contribution in [0.5, 0.6) is 5.75 Å². The van der Waals surface area contributed by atoms with Gasteiger partial charge in [0.25, 0.3) is 0 Å². The van der Waals surface area contributed by atoms with Gasteiger partial charge in [0.15, 0.2) is 0 Å². The Bertz CT molecular complexity index is 919. The number of amides is 1. The number of rotatable bonds is 3. The molecule has 1 heterocycles. The number of fused-ring (bicyclic) bond motifs is 1. The van der Waals surface area contributed by atoms with E-state index < -0.39 is 10.1 Å². The average molecular weight is 345 g/mol. The molecule has 0 saturated carbocycles. The summed E-state index contributed by atoms with van der Waals surface area (Å²) in [5.41, 5.74) is 3.42. The van der Waals surface area contributed by atoms with Crippen LogP contribution in [0.25, 0.3) is 0 Å². The van der Waals surface area contributed by atoms with E-state index in [1.165, 1.54) is 13.0 Å². The van der Waals surface area contributed by atoms with Crippen molar-refractivity contribution < 1.29 is 17.4 Å². The van der Waals surface area contributed by atoms with E-state index in [2.05, 4.69) is 0 Å². The first kappa shape index (κ1) is 16.5. The Morgan fingerprint density at radius 1 is 1.12 bits per heavy atom. The Kier molecular flexibility index (Phi) is 4.09. The average Bonchev–Trinajstić information content (AvgIpc) is 2.93. The Hall–Kier alpha value is -2.34. The summed E-state index contributed by atoms with van der Waals surface area (Å²) in [6.07, 6.45) is 0.641. The van der Waals surface area contributed by atoms with Crippen LogP contribution in [-0.2, 0) is 21.3 Å². The van der Waals surface area contributed by atoms with Gasteiger partial charge in [0.1, 0.15) is 10.6 Å². The molecule has 24 heavy (non-hydrogen) atoms. The maximum atomic E-state index is 12.6. The summed E-state index contributed by atoms with van der Waals surface area (Å²) >= 11 is 0. The van der Waals surface area contributed by atoms with E-state index in [1.807, 2.05) is 26.0 Å². The smallest absolute Gasteiger partial charge is 0.339 e. The molecule has 1 aliphatic rings. The summed E-state index contributed by atoms with van der Waals surface area (Å²) < 4.78 is 30.4. The first-order valence-electron chi connectivity index (χ1n) is 7.71. The predicted octanol–water partition coefficient (Wildman–Crippen LogP) is 2.98. The van der Waals surface area contributed by atoms with Crippen molar-refractivity contribution in [2.45, 2.75) is 32.1 Å². The molecule has 0 bridgehead atoms. The highest BCUT2D eigenvalue weighted by Gasteiger charge is 2.25. The molecule has 3 rings (SSSR count). The zero-order chi connectivity index (χ0) is 17.5. The van der Waals surface area contributed by atoms with E-state index in [4.69, 9.17) is 4.18 Å². The molecular formula is C18H19NO4S. The van der Waals surface area contributed by atoms with Crippen LogP contribution in [0.4, 0.5) is 5.69 Å². The second-order valence-corrected chi connectivity index (χ2v) is 7.56. The van der Waals surface area contributed by atoms with Gasteiger partial charge in [-0.2, -0.15) is 8.42 Å². The summed E-state index contributed by atoms with van der Waals surface area (Å²) in [6.45, 7) is 5.83. The van der Waals surface area contributed by atoms with Gasteiger partial charge in [-0.25, -0.2) is 0 Å². The van der Waals surface area contributed by atoms with Crippen LogP contribution in [0, 0.1) is 13.8 Å². The van der Waals surface area contributed by atoms with E-state index in [-0.39, 0.29) is 10.8 Å². The molecule has 0 fully saturated rings. The van der Waals surface area contributed by atoms with Crippen LogP contribution in [0.3, 0.4) is 0 Å². The molecule has 5 nitrogen and oxygen atoms in total. The number of carbonyl (C=O) groups excluding carboxylic acids is 1. The SMILES string of the molecule is CC(=O)N1CCc2cc(S(=O)(=O)Oc3ccc(C)cc3C)ccc21. The first-order valence-corrected chi connectivity index (χ1v) is 9.11. The topological polar surface area (TPSA) is 63.7 Å². The van der Waals surface area contributed by atoms with Crippen molar-refractivity contribution in [3.63, 3.8) is 0 Å². The van der Waals surface area contributed by atoms with Crippen LogP contribution in [0.1, 0.15) is 23.6 Å². The maximum absolute atomic E-state index is 12.6. The van der Waals surface area contributed by atoms with Gasteiger partial charge in [0.2, 0.25) is 5.91 Å². The first-order chi connectivity index (χ1) is 11.3. The van der Waals surface area contributed by atoms with Crippen LogP contribution < -0.4 is 9.08 Å². The van der Waals surface area contributed by atoms with E-state index in [0.717, 1.165) is 22.4 Å². The molecule has 0 aromatic heterocycles. The molecule has 0 radical (unpaired) electrons. The monoisotopic (exact) mass is 345 g/mol. The summed E-state index contributed by atoms with van der Waals surface area (Å²) in [5, 5.41) is 0. The Balaban J connectivity index is 1.92. The summed E-state index contributed by atoms with van der Waals surface area (Å²) in [4.78, 5) is 13.3. The van der Waals surface area contributed by atoms with Gasteiger partial charge in [0.05, 0.1) is 0 Å². The predicted molar refractivity (Wildman–Crippen MR) is 91.9 cm³/mol. The van der Waals surface area contributed by atoms with Crippen LogP contribution in [0.2, 0.25) is 0 Å². The van der Waals surface area contributed by atoms with Gasteiger partial charge >= 0.3 is 10.1 Å². The zero-order valence-electron chi connectivity index (χ0n) is 13.9. The largest absolute Gasteiger partial charge is 0.379 e. The minimum Gasteiger partial charge on any atom is -0.379 e. The van der Waals surface area contributed by atoms with Crippen molar-refractivity contribution in [1.82, 2.24) is 0 Å². The standard InChI is InChI=1S/C18H19NO4S/c1-12-4-7-18(13(2)10-12)23-24(21,22)16-5-6-17-15(11-16)8-9-19(17)14(3)20/h4-7,10-11H,8-9H2,1-3H3. The van der Waals surface area contributed by atoms with Crippen molar-refractivity contribution >= 4 is 21.7 Å². The number of hydrogen-bond donors (Lipinski definition) is 0. The molecule has 0 N–H and O–H groups in total. The molecule has 1 amide bonds. The van der Waals surface area contributed by atoms with Crippen molar-refractivity contribution in [2.75, 3.05) is 11.4 Å². The normalized spacial score (nSPS) is 13.7. The zero-order valence-corrected chi connectivity index (χ0v) is 14.7. The highest BCUT2D eigenvalue weighted by molar-refractivity contribution is 7.87. The molecule has 0 spiro atoms. The Labute approximate surface area is 142 Å². The van der Waals surface area contributed by atoms with Crippen LogP contribution >= 0.6 is 0 Å². The molecule has 2 aromatic rings. The third kappa shape index (κ3) is 3.01. The number of benzene rings is 2. The fourth-order valence-corrected chi connectivity index (χ4v) is 3.96. The van der Waals surface area contributed by atoms with Gasteiger partial charge in [0, 0.05) is 19.2 Å². The van der Waals surface area contributed by atoms with E-state index in [1.54, 1.807) is 23.1 Å². The third-order valence-corrected chi connectivity index (χ3v) is 5.38. The van der Waals surface area contributed by atoms with Gasteiger partial charge < -0.3 is 9.08 Å². The van der Waals surface area contributed by atoms with E-state index in [9.17, 15) is 13.2 Å². The Morgan fingerprint density at radius 2 is 1.88 bits per heavy atom. The number of aryl methyl sites for hydroxylation is 2. The highest BCUT2D eigenvalue weighted by Crippen LogP contribution is 2.31. The second-order valence-electron chi connectivity index (χ2n) is 6.02. The molecule has 0 atom stereocenters. The highest BCUT2D eigenvalue weighted by atomic mass is 32.2.